The molecule has 386 valence electrons. The van der Waals surface area contributed by atoms with Gasteiger partial charge in [-0.2, -0.15) is 0 Å². The fourth-order valence-electron chi connectivity index (χ4n) is 7.94. The Bertz CT molecular complexity index is 1260. The summed E-state index contributed by atoms with van der Waals surface area (Å²) in [7, 11) is 0. The van der Waals surface area contributed by atoms with Crippen molar-refractivity contribution in [3.05, 3.63) is 72.9 Å². The van der Waals surface area contributed by atoms with Crippen LogP contribution in [-0.4, -0.2) is 37.2 Å². The predicted molar refractivity (Wildman–Crippen MR) is 288 cm³/mol. The van der Waals surface area contributed by atoms with Crippen molar-refractivity contribution in [2.75, 3.05) is 13.2 Å². The summed E-state index contributed by atoms with van der Waals surface area (Å²) in [6, 6.07) is 0. The Balaban J connectivity index is 4.43. The molecule has 0 N–H and O–H groups in total. The van der Waals surface area contributed by atoms with Gasteiger partial charge in [-0.1, -0.05) is 248 Å². The maximum Gasteiger partial charge on any atom is 0.306 e. The van der Waals surface area contributed by atoms with Gasteiger partial charge in [0.25, 0.3) is 0 Å². The van der Waals surface area contributed by atoms with Crippen molar-refractivity contribution in [2.24, 2.45) is 0 Å². The Kier molecular flexibility index (Phi) is 52.8. The van der Waals surface area contributed by atoms with Gasteiger partial charge in [0.2, 0.25) is 0 Å². The molecule has 0 saturated carbocycles. The van der Waals surface area contributed by atoms with Crippen LogP contribution in [0.2, 0.25) is 0 Å². The van der Waals surface area contributed by atoms with E-state index in [1.165, 1.54) is 154 Å². The highest BCUT2D eigenvalue weighted by atomic mass is 16.6. The number of carbonyl (C=O) groups excluding carboxylic acids is 3. The number of hydrogen-bond donors (Lipinski definition) is 0. The number of allylic oxidation sites excluding steroid dienone is 12. The van der Waals surface area contributed by atoms with Crippen LogP contribution in [0.3, 0.4) is 0 Å². The SMILES string of the molecule is CC/C=C\C/C=C\C/C=C\CCCCCCCCCCCC(=O)OCC(COC(=O)CCCCCCCCCCCCCCC)OC(=O)CCC/C=C\C/C=C\C/C=C\CCCCCCCC. The van der Waals surface area contributed by atoms with E-state index in [1.54, 1.807) is 0 Å². The van der Waals surface area contributed by atoms with E-state index >= 15 is 0 Å². The third kappa shape index (κ3) is 53.7. The van der Waals surface area contributed by atoms with E-state index in [-0.39, 0.29) is 37.5 Å². The number of esters is 3. The Labute approximate surface area is 414 Å². The van der Waals surface area contributed by atoms with Gasteiger partial charge in [-0.15, -0.1) is 0 Å². The van der Waals surface area contributed by atoms with Gasteiger partial charge < -0.3 is 14.2 Å². The molecule has 0 spiro atoms. The molecule has 0 aliphatic rings. The van der Waals surface area contributed by atoms with Crippen LogP contribution in [0.4, 0.5) is 0 Å². The fourth-order valence-corrected chi connectivity index (χ4v) is 7.94. The quantitative estimate of drug-likeness (QED) is 0.0262. The van der Waals surface area contributed by atoms with E-state index < -0.39 is 6.10 Å². The second kappa shape index (κ2) is 55.4. The minimum Gasteiger partial charge on any atom is -0.462 e. The van der Waals surface area contributed by atoms with Crippen molar-refractivity contribution in [3.8, 4) is 0 Å². The molecule has 1 unspecified atom stereocenters. The van der Waals surface area contributed by atoms with Gasteiger partial charge in [-0.3, -0.25) is 14.4 Å². The monoisotopic (exact) mass is 935 g/mol. The van der Waals surface area contributed by atoms with Crippen LogP contribution >= 0.6 is 0 Å². The Hall–Kier alpha value is -3.15. The summed E-state index contributed by atoms with van der Waals surface area (Å²) in [4.78, 5) is 38.1. The van der Waals surface area contributed by atoms with E-state index in [0.717, 1.165) is 77.0 Å². The zero-order valence-electron chi connectivity index (χ0n) is 44.2. The second-order valence-corrected chi connectivity index (χ2v) is 18.8. The lowest BCUT2D eigenvalue weighted by Crippen LogP contribution is -2.30. The molecule has 6 nitrogen and oxygen atoms in total. The molecule has 0 aromatic heterocycles. The normalized spacial score (nSPS) is 12.6. The molecule has 0 bridgehead atoms. The van der Waals surface area contributed by atoms with Gasteiger partial charge in [0.05, 0.1) is 0 Å². The first-order chi connectivity index (χ1) is 33.0. The van der Waals surface area contributed by atoms with Crippen molar-refractivity contribution in [3.63, 3.8) is 0 Å². The smallest absolute Gasteiger partial charge is 0.306 e. The lowest BCUT2D eigenvalue weighted by Gasteiger charge is -2.18. The van der Waals surface area contributed by atoms with Crippen LogP contribution in [0.1, 0.15) is 278 Å². The van der Waals surface area contributed by atoms with Gasteiger partial charge in [-0.25, -0.2) is 0 Å². The minimum absolute atomic E-state index is 0.0947. The van der Waals surface area contributed by atoms with Crippen LogP contribution < -0.4 is 0 Å². The molecule has 0 fully saturated rings. The first-order valence-corrected chi connectivity index (χ1v) is 28.4. The van der Waals surface area contributed by atoms with E-state index in [2.05, 4.69) is 93.7 Å². The van der Waals surface area contributed by atoms with Crippen LogP contribution in [-0.2, 0) is 28.6 Å². The van der Waals surface area contributed by atoms with Crippen LogP contribution in [0.5, 0.6) is 0 Å². The van der Waals surface area contributed by atoms with Crippen LogP contribution in [0.15, 0.2) is 72.9 Å². The number of unbranched alkanes of at least 4 members (excludes halogenated alkanes) is 28. The zero-order valence-corrected chi connectivity index (χ0v) is 44.2. The van der Waals surface area contributed by atoms with Crippen molar-refractivity contribution in [1.29, 1.82) is 0 Å². The van der Waals surface area contributed by atoms with Crippen LogP contribution in [0, 0.1) is 0 Å². The van der Waals surface area contributed by atoms with E-state index in [0.29, 0.717) is 19.3 Å². The molecule has 0 amide bonds. The molecule has 1 atom stereocenters. The van der Waals surface area contributed by atoms with E-state index in [1.807, 2.05) is 0 Å². The van der Waals surface area contributed by atoms with Gasteiger partial charge in [0, 0.05) is 19.3 Å². The highest BCUT2D eigenvalue weighted by Crippen LogP contribution is 2.15. The molecule has 67 heavy (non-hydrogen) atoms. The third-order valence-corrected chi connectivity index (χ3v) is 12.2. The van der Waals surface area contributed by atoms with Crippen molar-refractivity contribution in [2.45, 2.75) is 284 Å². The number of rotatable bonds is 51. The topological polar surface area (TPSA) is 78.9 Å². The van der Waals surface area contributed by atoms with Gasteiger partial charge in [0.1, 0.15) is 13.2 Å². The summed E-state index contributed by atoms with van der Waals surface area (Å²) in [5.74, 6) is -0.945. The van der Waals surface area contributed by atoms with Gasteiger partial charge in [-0.05, 0) is 83.5 Å². The Morgan fingerprint density at radius 1 is 0.313 bits per heavy atom. The fraction of sp³-hybridized carbons (Fsp3) is 0.754. The van der Waals surface area contributed by atoms with E-state index in [4.69, 9.17) is 14.2 Å². The summed E-state index contributed by atoms with van der Waals surface area (Å²) in [5, 5.41) is 0. The Morgan fingerprint density at radius 2 is 0.597 bits per heavy atom. The first kappa shape index (κ1) is 63.8. The van der Waals surface area contributed by atoms with E-state index in [9.17, 15) is 14.4 Å². The predicted octanol–water partition coefficient (Wildman–Crippen LogP) is 19.0. The molecule has 0 aliphatic heterocycles. The molecule has 0 radical (unpaired) electrons. The lowest BCUT2D eigenvalue weighted by molar-refractivity contribution is -0.167. The summed E-state index contributed by atoms with van der Waals surface area (Å²) < 4.78 is 16.8. The minimum atomic E-state index is -0.802. The molecule has 0 aromatic carbocycles. The maximum atomic E-state index is 12.8. The highest BCUT2D eigenvalue weighted by molar-refractivity contribution is 5.71. The summed E-state index contributed by atoms with van der Waals surface area (Å²) in [6.07, 6.45) is 70.4. The molecule has 0 rings (SSSR count). The average Bonchev–Trinajstić information content (AvgIpc) is 3.33. The molecule has 0 heterocycles. The molecule has 0 saturated heterocycles. The molecular formula is C61H106O6. The Morgan fingerprint density at radius 3 is 0.955 bits per heavy atom. The summed E-state index contributed by atoms with van der Waals surface area (Å²) >= 11 is 0. The standard InChI is InChI=1S/C61H106O6/c1-4-7-10-13-16-19-22-25-27-29-30-32-33-36-39-42-45-48-51-54-60(63)66-57-58(56-65-59(62)53-50-47-44-41-38-35-24-21-18-15-12-9-6-3)67-61(64)55-52-49-46-43-40-37-34-31-28-26-23-20-17-14-11-8-5-2/h7,10,16,19,25-28,34,37,43,46,58H,4-6,8-9,11-15,17-18,20-24,29-33,35-36,38-42,44-45,47-57H2,1-3H3/b10-7-,19-16-,27-25-,28-26-,37-34-,46-43-. The first-order valence-electron chi connectivity index (χ1n) is 28.4. The number of carbonyl (C=O) groups is 3. The molecule has 0 aromatic rings. The van der Waals surface area contributed by atoms with Gasteiger partial charge >= 0.3 is 17.9 Å². The highest BCUT2D eigenvalue weighted by Gasteiger charge is 2.19. The third-order valence-electron chi connectivity index (χ3n) is 12.2. The molecule has 6 heteroatoms. The van der Waals surface area contributed by atoms with Gasteiger partial charge in [0.15, 0.2) is 6.10 Å². The molecule has 0 aliphatic carbocycles. The van der Waals surface area contributed by atoms with Crippen molar-refractivity contribution >= 4 is 17.9 Å². The zero-order chi connectivity index (χ0) is 48.6. The van der Waals surface area contributed by atoms with Crippen molar-refractivity contribution < 1.29 is 28.6 Å². The lowest BCUT2D eigenvalue weighted by atomic mass is 10.0. The summed E-state index contributed by atoms with van der Waals surface area (Å²) in [5.41, 5.74) is 0. The molecular weight excluding hydrogens is 829 g/mol. The second-order valence-electron chi connectivity index (χ2n) is 18.8. The number of hydrogen-bond acceptors (Lipinski definition) is 6. The van der Waals surface area contributed by atoms with Crippen molar-refractivity contribution in [1.82, 2.24) is 0 Å². The average molecular weight is 936 g/mol. The summed E-state index contributed by atoms with van der Waals surface area (Å²) in [6.45, 7) is 6.49. The maximum absolute atomic E-state index is 12.8. The van der Waals surface area contributed by atoms with Crippen LogP contribution in [0.25, 0.3) is 0 Å². The number of ether oxygens (including phenoxy) is 3. The largest absolute Gasteiger partial charge is 0.462 e.